The highest BCUT2D eigenvalue weighted by Gasteiger charge is 2.74. The van der Waals surface area contributed by atoms with Gasteiger partial charge in [0.15, 0.2) is 56.2 Å². The van der Waals surface area contributed by atoms with E-state index < -0.39 is 365 Å². The lowest BCUT2D eigenvalue weighted by molar-refractivity contribution is -0.390. The van der Waals surface area contributed by atoms with Crippen molar-refractivity contribution in [2.75, 3.05) is 39.6 Å². The molecule has 8 saturated heterocycles. The van der Waals surface area contributed by atoms with E-state index in [0.29, 0.717) is 38.5 Å². The second-order valence-corrected chi connectivity index (χ2v) is 43.4. The van der Waals surface area contributed by atoms with Crippen LogP contribution in [0.25, 0.3) is 0 Å². The molecule has 796 valence electrons. The number of aliphatic hydroxyl groups is 23. The van der Waals surface area contributed by atoms with Crippen molar-refractivity contribution in [2.45, 2.75) is 430 Å². The molecule has 4 saturated carbocycles. The fraction of sp³-hybridized carbons (Fsp3) is 0.884. The van der Waals surface area contributed by atoms with Gasteiger partial charge in [-0.15, -0.1) is 13.2 Å². The van der Waals surface area contributed by atoms with Crippen molar-refractivity contribution in [1.29, 1.82) is 0 Å². The Morgan fingerprint density at radius 2 is 1.01 bits per heavy atom. The molecule has 0 spiro atoms. The molecule has 13 aliphatic rings. The SMILES string of the molecule is C=C[C@](C)(O)CC/C=C(\C)C(=O)O[C@H]1[C@H](O)[C@@H](O)[C@H](O[C@@](C)(C=C)CCC[C@H](C)C(=O)O[C@H]2C[C@]3(C(=O)O[C@@H]4O[C@H](CO)[C@@H](O)[C@H](O)[C@H]4O[C@@H]4O[C@@H](C)[C@H](O[C@@H]5O[C@@H](CO)[C@H](O)[C@H]5O)[C@@H](O[C@@H]5O[C@H](CO)[C@@H](O)[C@H](O)[C@H]5O)[C@H]4O)[C@H](O)C[C@]4(C)C(=CC[C@@H]5[C@@]6(C)CC[C@H](O[C@@H]7O[C@H](CO[C@@H]8OC[C@H](O)[C@H](O)[C@H]8O[C@@H]8OC[C@@H](O)[C@H](O)[C@H]8O)[C@@H](O)[C@H](O)[C@H]7O)C(C)(C)[C@@H]6CC[C@]54C)[C@@H]3CC2(C)C)O[C@@H]1C. The van der Waals surface area contributed by atoms with E-state index in [9.17, 15) is 122 Å². The molecule has 0 amide bonds. The van der Waals surface area contributed by atoms with E-state index in [2.05, 4.69) is 53.9 Å². The topological polar surface area (TPSA) is 683 Å². The smallest absolute Gasteiger partial charge is 0.333 e. The highest BCUT2D eigenvalue weighted by atomic mass is 16.8. The number of hydrogen-bond acceptors (Lipinski definition) is 44. The minimum absolute atomic E-state index is 0.0232. The van der Waals surface area contributed by atoms with Crippen LogP contribution in [0.15, 0.2) is 48.6 Å². The summed E-state index contributed by atoms with van der Waals surface area (Å²) in [5.41, 5.74) is -7.69. The summed E-state index contributed by atoms with van der Waals surface area (Å²) < 4.78 is 110. The van der Waals surface area contributed by atoms with Gasteiger partial charge in [0.1, 0.15) is 164 Å². The molecular formula is C95H152O44. The van der Waals surface area contributed by atoms with E-state index in [1.807, 2.05) is 13.8 Å². The zero-order chi connectivity index (χ0) is 102. The molecule has 0 aromatic rings. The summed E-state index contributed by atoms with van der Waals surface area (Å²) >= 11 is 0. The molecule has 12 fully saturated rings. The first-order valence-electron chi connectivity index (χ1n) is 48.6. The molecule has 0 aromatic carbocycles. The van der Waals surface area contributed by atoms with Gasteiger partial charge in [-0.25, -0.2) is 4.79 Å². The Balaban J connectivity index is 0.763. The Morgan fingerprint density at radius 3 is 1.63 bits per heavy atom. The van der Waals surface area contributed by atoms with Gasteiger partial charge >= 0.3 is 17.9 Å². The van der Waals surface area contributed by atoms with E-state index in [1.165, 1.54) is 32.9 Å². The van der Waals surface area contributed by atoms with Crippen LogP contribution < -0.4 is 0 Å². The summed E-state index contributed by atoms with van der Waals surface area (Å²) in [5, 5.41) is 257. The predicted molar refractivity (Wildman–Crippen MR) is 471 cm³/mol. The zero-order valence-corrected chi connectivity index (χ0v) is 80.9. The lowest BCUT2D eigenvalue weighted by atomic mass is 9.33. The zero-order valence-electron chi connectivity index (χ0n) is 80.9. The molecule has 44 heteroatoms. The van der Waals surface area contributed by atoms with Crippen molar-refractivity contribution in [3.63, 3.8) is 0 Å². The monoisotopic (exact) mass is 2000 g/mol. The van der Waals surface area contributed by atoms with Gasteiger partial charge in [-0.05, 0) is 151 Å². The number of ether oxygens (including phenoxy) is 18. The van der Waals surface area contributed by atoms with Crippen LogP contribution in [0, 0.1) is 56.2 Å². The lowest BCUT2D eigenvalue weighted by Crippen LogP contribution is -2.70. The van der Waals surface area contributed by atoms with E-state index in [1.54, 1.807) is 26.8 Å². The van der Waals surface area contributed by atoms with Gasteiger partial charge in [-0.1, -0.05) is 85.3 Å². The molecule has 0 radical (unpaired) electrons. The number of aliphatic hydroxyl groups excluding tert-OH is 22. The standard InChI is InChI=1S/C95H152O44/c1-16-90(11,121)26-18-20-40(4)78(119)133-72-41(5)126-84(70(116)65(72)111)139-91(12,17-2)27-19-21-39(3)77(118)131-55-32-95(87(120)138-86-76(64(110)59(105)48(34-97)129-86)137-83-71(117)74(135-82-69(115)62(108)58(104)47(33-96)127-82)73(42(6)125-83)134-81-67(113)60(106)49(35-98)128-81)44(30-88(55,7)8)43-22-23-52-92(13)28-25-54(89(9,10)51(92)24-29-93(52,14)94(43,15)31-53(95)101)132-80-68(114)63(109)61(107)50(130-80)38-124-85-75(57(103)46(100)37-123-85)136-79-66(112)56(102)45(99)36-122-79/h16-17,20,22,39,41-42,44-76,79-86,96-117,121H,1-2,18-19,21,23-38H2,3-15H3/b40-20+/t39-,41+,42-,44-,45+,46-,47+,48+,49-,50+,51-,52+,53+,54-,55-,56-,57-,58+,59+,60-,61+,62-,63-,64-,65+,66+,67+,68+,69+,70+,71+,72+,73-,74-,75+,76+,79-,80-,81-,82-,83-,84-,85-,86-,90-,91-,92-,93+,94+,95+/m0/s1. The van der Waals surface area contributed by atoms with Gasteiger partial charge in [-0.3, -0.25) is 9.59 Å². The largest absolute Gasteiger partial charge is 0.462 e. The average molecular weight is 2000 g/mol. The average Bonchev–Trinajstić information content (AvgIpc) is 0.921. The van der Waals surface area contributed by atoms with E-state index in [-0.39, 0.29) is 55.9 Å². The molecule has 44 nitrogen and oxygen atoms in total. The van der Waals surface area contributed by atoms with Gasteiger partial charge in [0.05, 0.1) is 81.2 Å². The Hall–Kier alpha value is -4.15. The minimum atomic E-state index is -2.26. The quantitative estimate of drug-likeness (QED) is 0.00971. The molecule has 13 rings (SSSR count). The van der Waals surface area contributed by atoms with Crippen LogP contribution in [0.2, 0.25) is 0 Å². The fourth-order valence-corrected chi connectivity index (χ4v) is 24.2. The molecule has 139 heavy (non-hydrogen) atoms. The molecule has 5 aliphatic carbocycles. The first-order chi connectivity index (χ1) is 65.1. The van der Waals surface area contributed by atoms with Gasteiger partial charge in [0, 0.05) is 17.4 Å². The van der Waals surface area contributed by atoms with Crippen LogP contribution in [0.5, 0.6) is 0 Å². The third-order valence-corrected chi connectivity index (χ3v) is 33.4. The Kier molecular flexibility index (Phi) is 35.4. The van der Waals surface area contributed by atoms with Gasteiger partial charge in [0.2, 0.25) is 6.29 Å². The maximum absolute atomic E-state index is 16.8. The summed E-state index contributed by atoms with van der Waals surface area (Å²) in [6.07, 6.45) is -59.2. The van der Waals surface area contributed by atoms with E-state index in [0.717, 1.165) is 5.57 Å². The molecule has 50 atom stereocenters. The number of carbonyl (C=O) groups is 3. The summed E-state index contributed by atoms with van der Waals surface area (Å²) in [6, 6.07) is 0. The molecular weight excluding hydrogens is 1850 g/mol. The van der Waals surface area contributed by atoms with Gasteiger partial charge < -0.3 is 203 Å². The summed E-state index contributed by atoms with van der Waals surface area (Å²) in [6.45, 7) is 26.9. The van der Waals surface area contributed by atoms with Crippen LogP contribution in [0.4, 0.5) is 0 Å². The maximum Gasteiger partial charge on any atom is 0.333 e. The number of carbonyl (C=O) groups excluding carboxylic acids is 3. The second-order valence-electron chi connectivity index (χ2n) is 43.4. The maximum atomic E-state index is 16.8. The number of fused-ring (bicyclic) bond motifs is 7. The summed E-state index contributed by atoms with van der Waals surface area (Å²) in [4.78, 5) is 45.1. The number of hydrogen-bond donors (Lipinski definition) is 23. The van der Waals surface area contributed by atoms with Crippen LogP contribution in [-0.2, 0) is 99.6 Å². The molecule has 23 N–H and O–H groups in total. The fourth-order valence-electron chi connectivity index (χ4n) is 24.2. The number of esters is 3. The van der Waals surface area contributed by atoms with Crippen molar-refractivity contribution < 1.29 is 217 Å². The summed E-state index contributed by atoms with van der Waals surface area (Å²) in [7, 11) is 0. The Bertz CT molecular complexity index is 4200. The van der Waals surface area contributed by atoms with Gasteiger partial charge in [0.25, 0.3) is 0 Å². The minimum Gasteiger partial charge on any atom is -0.462 e. The van der Waals surface area contributed by atoms with Crippen molar-refractivity contribution >= 4 is 17.9 Å². The molecule has 0 bridgehead atoms. The van der Waals surface area contributed by atoms with Crippen LogP contribution in [0.3, 0.4) is 0 Å². The molecule has 0 unspecified atom stereocenters. The third kappa shape index (κ3) is 21.8. The normalized spacial score (nSPS) is 48.8. The number of allylic oxidation sites excluding steroid dienone is 3. The van der Waals surface area contributed by atoms with E-state index >= 15 is 9.59 Å². The Morgan fingerprint density at radius 1 is 0.504 bits per heavy atom. The van der Waals surface area contributed by atoms with Crippen molar-refractivity contribution in [2.24, 2.45) is 56.2 Å². The lowest BCUT2D eigenvalue weighted by Gasteiger charge is -2.72. The van der Waals surface area contributed by atoms with Crippen molar-refractivity contribution in [3.05, 3.63) is 48.6 Å². The molecule has 8 heterocycles. The van der Waals surface area contributed by atoms with Crippen molar-refractivity contribution in [3.8, 4) is 0 Å². The van der Waals surface area contributed by atoms with Crippen LogP contribution in [0.1, 0.15) is 173 Å². The highest BCUT2D eigenvalue weighted by molar-refractivity contribution is 5.88. The molecule has 8 aliphatic heterocycles. The van der Waals surface area contributed by atoms with Crippen LogP contribution in [-0.4, -0.2) is 432 Å². The highest BCUT2D eigenvalue weighted by Crippen LogP contribution is 2.76. The second kappa shape index (κ2) is 43.9. The predicted octanol–water partition coefficient (Wildman–Crippen LogP) is -4.32. The molecule has 0 aromatic heterocycles. The summed E-state index contributed by atoms with van der Waals surface area (Å²) in [5.74, 6) is -4.89. The van der Waals surface area contributed by atoms with Crippen LogP contribution >= 0.6 is 0 Å². The Labute approximate surface area is 806 Å². The number of rotatable bonds is 33. The van der Waals surface area contributed by atoms with Crippen molar-refractivity contribution in [1.82, 2.24) is 0 Å². The first kappa shape index (κ1) is 112. The van der Waals surface area contributed by atoms with E-state index in [4.69, 9.17) is 85.3 Å². The first-order valence-corrected chi connectivity index (χ1v) is 48.6. The van der Waals surface area contributed by atoms with Gasteiger partial charge in [-0.2, -0.15) is 0 Å². The third-order valence-electron chi connectivity index (χ3n) is 33.4.